The quantitative estimate of drug-likeness (QED) is 0.812. The molecule has 1 fully saturated rings. The maximum absolute atomic E-state index is 5.56. The Kier molecular flexibility index (Phi) is 3.59. The third-order valence-corrected chi connectivity index (χ3v) is 4.94. The van der Waals surface area contributed by atoms with Crippen molar-refractivity contribution in [2.45, 2.75) is 39.2 Å². The van der Waals surface area contributed by atoms with Crippen LogP contribution < -0.4 is 4.74 Å². The lowest BCUT2D eigenvalue weighted by Crippen LogP contribution is -2.24. The summed E-state index contributed by atoms with van der Waals surface area (Å²) >= 11 is 5.56. The van der Waals surface area contributed by atoms with Crippen LogP contribution in [0.4, 0.5) is 0 Å². The molecular weight excluding hydrogens is 268 g/mol. The van der Waals surface area contributed by atoms with Crippen molar-refractivity contribution in [3.8, 4) is 5.75 Å². The predicted molar refractivity (Wildman–Crippen MR) is 84.9 cm³/mol. The number of aromatic amines is 1. The van der Waals surface area contributed by atoms with Gasteiger partial charge in [-0.15, -0.1) is 0 Å². The second-order valence-corrected chi connectivity index (χ2v) is 6.53. The zero-order chi connectivity index (χ0) is 14.3. The largest absolute Gasteiger partial charge is 0.497 e. The number of fused-ring (bicyclic) bond motifs is 1. The first kappa shape index (κ1) is 13.7. The Labute approximate surface area is 125 Å². The van der Waals surface area contributed by atoms with Crippen molar-refractivity contribution in [1.29, 1.82) is 0 Å². The molecule has 3 rings (SSSR count). The van der Waals surface area contributed by atoms with E-state index < -0.39 is 0 Å². The third-order valence-electron chi connectivity index (χ3n) is 4.64. The molecule has 0 aliphatic heterocycles. The first-order valence-corrected chi connectivity index (χ1v) is 7.79. The van der Waals surface area contributed by atoms with Crippen LogP contribution in [0, 0.1) is 16.6 Å². The van der Waals surface area contributed by atoms with E-state index in [0.29, 0.717) is 12.0 Å². The highest BCUT2D eigenvalue weighted by molar-refractivity contribution is 7.71. The lowest BCUT2D eigenvalue weighted by molar-refractivity contribution is 0.210. The smallest absolute Gasteiger partial charge is 0.178 e. The molecular formula is C16H22N2OS. The molecule has 0 amide bonds. The van der Waals surface area contributed by atoms with Gasteiger partial charge in [-0.3, -0.25) is 0 Å². The van der Waals surface area contributed by atoms with Gasteiger partial charge in [0.2, 0.25) is 0 Å². The molecule has 108 valence electrons. The molecule has 2 aromatic rings. The summed E-state index contributed by atoms with van der Waals surface area (Å²) in [5.74, 6) is 2.38. The maximum Gasteiger partial charge on any atom is 0.178 e. The minimum atomic E-state index is 0.500. The van der Waals surface area contributed by atoms with Gasteiger partial charge >= 0.3 is 0 Å². The molecule has 0 saturated heterocycles. The van der Waals surface area contributed by atoms with E-state index in [1.165, 1.54) is 24.8 Å². The molecule has 0 radical (unpaired) electrons. The zero-order valence-corrected chi connectivity index (χ0v) is 13.2. The van der Waals surface area contributed by atoms with Gasteiger partial charge in [-0.25, -0.2) is 0 Å². The molecule has 1 aliphatic carbocycles. The van der Waals surface area contributed by atoms with Gasteiger partial charge in [0.1, 0.15) is 5.75 Å². The van der Waals surface area contributed by atoms with E-state index in [9.17, 15) is 0 Å². The molecule has 1 heterocycles. The van der Waals surface area contributed by atoms with Crippen molar-refractivity contribution < 1.29 is 4.74 Å². The Bertz CT molecular complexity index is 673. The topological polar surface area (TPSA) is 29.9 Å². The minimum absolute atomic E-state index is 0.500. The van der Waals surface area contributed by atoms with Gasteiger partial charge in [0.25, 0.3) is 0 Å². The summed E-state index contributed by atoms with van der Waals surface area (Å²) < 4.78 is 8.50. The van der Waals surface area contributed by atoms with Crippen LogP contribution in [0.1, 0.15) is 39.2 Å². The molecule has 4 heteroatoms. The summed E-state index contributed by atoms with van der Waals surface area (Å²) in [4.78, 5) is 3.33. The Morgan fingerprint density at radius 3 is 2.80 bits per heavy atom. The summed E-state index contributed by atoms with van der Waals surface area (Å²) in [6, 6.07) is 6.62. The number of aromatic nitrogens is 2. The van der Waals surface area contributed by atoms with E-state index in [4.69, 9.17) is 17.0 Å². The van der Waals surface area contributed by atoms with E-state index in [2.05, 4.69) is 35.5 Å². The molecule has 1 aliphatic rings. The van der Waals surface area contributed by atoms with Crippen molar-refractivity contribution >= 4 is 23.3 Å². The molecule has 1 aromatic carbocycles. The standard InChI is InChI=1S/C16H22N2OS/c1-10-4-7-14(11(2)8-10)18-15-9-12(19-3)5-6-13(15)17-16(18)20/h5-6,9-11,14H,4,7-8H2,1-3H3,(H,17,20). The number of ether oxygens (including phenoxy) is 1. The summed E-state index contributed by atoms with van der Waals surface area (Å²) in [5.41, 5.74) is 2.27. The molecule has 0 spiro atoms. The fourth-order valence-corrected chi connectivity index (χ4v) is 3.93. The van der Waals surface area contributed by atoms with E-state index in [1.807, 2.05) is 6.07 Å². The number of nitrogens with one attached hydrogen (secondary N) is 1. The Hall–Kier alpha value is -1.29. The average Bonchev–Trinajstić information content (AvgIpc) is 2.74. The predicted octanol–water partition coefficient (Wildman–Crippen LogP) is 4.70. The van der Waals surface area contributed by atoms with Gasteiger partial charge in [0.15, 0.2) is 4.77 Å². The highest BCUT2D eigenvalue weighted by Crippen LogP contribution is 2.38. The fourth-order valence-electron chi connectivity index (χ4n) is 3.59. The molecule has 3 unspecified atom stereocenters. The zero-order valence-electron chi connectivity index (χ0n) is 12.3. The highest BCUT2D eigenvalue weighted by Gasteiger charge is 2.28. The Morgan fingerprint density at radius 2 is 2.10 bits per heavy atom. The van der Waals surface area contributed by atoms with Crippen molar-refractivity contribution in [2.24, 2.45) is 11.8 Å². The summed E-state index contributed by atoms with van der Waals surface area (Å²) in [6.45, 7) is 4.70. The molecule has 3 atom stereocenters. The van der Waals surface area contributed by atoms with E-state index in [0.717, 1.165) is 22.0 Å². The normalized spacial score (nSPS) is 26.9. The maximum atomic E-state index is 5.56. The van der Waals surface area contributed by atoms with Gasteiger partial charge in [-0.1, -0.05) is 13.8 Å². The van der Waals surface area contributed by atoms with Crippen molar-refractivity contribution in [3.63, 3.8) is 0 Å². The second kappa shape index (κ2) is 5.24. The number of rotatable bonds is 2. The average molecular weight is 290 g/mol. The molecule has 20 heavy (non-hydrogen) atoms. The highest BCUT2D eigenvalue weighted by atomic mass is 32.1. The summed E-state index contributed by atoms with van der Waals surface area (Å²) in [7, 11) is 1.71. The second-order valence-electron chi connectivity index (χ2n) is 6.15. The molecule has 1 saturated carbocycles. The van der Waals surface area contributed by atoms with Gasteiger partial charge < -0.3 is 14.3 Å². The van der Waals surface area contributed by atoms with E-state index >= 15 is 0 Å². The number of benzene rings is 1. The molecule has 1 N–H and O–H groups in total. The van der Waals surface area contributed by atoms with Crippen LogP contribution in [0.2, 0.25) is 0 Å². The van der Waals surface area contributed by atoms with E-state index in [1.54, 1.807) is 7.11 Å². The van der Waals surface area contributed by atoms with Crippen LogP contribution in [0.3, 0.4) is 0 Å². The van der Waals surface area contributed by atoms with Crippen LogP contribution in [0.25, 0.3) is 11.0 Å². The van der Waals surface area contributed by atoms with Crippen molar-refractivity contribution in [3.05, 3.63) is 23.0 Å². The number of imidazole rings is 1. The van der Waals surface area contributed by atoms with Crippen molar-refractivity contribution in [2.75, 3.05) is 7.11 Å². The number of H-pyrrole nitrogens is 1. The fraction of sp³-hybridized carbons (Fsp3) is 0.562. The number of hydrogen-bond donors (Lipinski definition) is 1. The van der Waals surface area contributed by atoms with Gasteiger partial charge in [-0.05, 0) is 55.4 Å². The van der Waals surface area contributed by atoms with Crippen LogP contribution in [-0.4, -0.2) is 16.7 Å². The van der Waals surface area contributed by atoms with Crippen LogP contribution in [-0.2, 0) is 0 Å². The number of methoxy groups -OCH3 is 1. The van der Waals surface area contributed by atoms with Crippen LogP contribution in [0.15, 0.2) is 18.2 Å². The lowest BCUT2D eigenvalue weighted by Gasteiger charge is -2.33. The minimum Gasteiger partial charge on any atom is -0.497 e. The molecule has 0 bridgehead atoms. The van der Waals surface area contributed by atoms with Crippen LogP contribution in [0.5, 0.6) is 5.75 Å². The number of hydrogen-bond acceptors (Lipinski definition) is 2. The first-order valence-electron chi connectivity index (χ1n) is 7.38. The van der Waals surface area contributed by atoms with Gasteiger partial charge in [0.05, 0.1) is 18.1 Å². The van der Waals surface area contributed by atoms with Gasteiger partial charge in [-0.2, -0.15) is 0 Å². The summed E-state index contributed by atoms with van der Waals surface area (Å²) in [6.07, 6.45) is 3.78. The Morgan fingerprint density at radius 1 is 1.30 bits per heavy atom. The molecule has 3 nitrogen and oxygen atoms in total. The van der Waals surface area contributed by atoms with Crippen LogP contribution >= 0.6 is 12.2 Å². The first-order chi connectivity index (χ1) is 9.60. The van der Waals surface area contributed by atoms with Crippen molar-refractivity contribution in [1.82, 2.24) is 9.55 Å². The van der Waals surface area contributed by atoms with Gasteiger partial charge in [0, 0.05) is 12.1 Å². The van der Waals surface area contributed by atoms with E-state index in [-0.39, 0.29) is 0 Å². The third kappa shape index (κ3) is 2.26. The Balaban J connectivity index is 2.10. The lowest BCUT2D eigenvalue weighted by atomic mass is 9.79. The summed E-state index contributed by atoms with van der Waals surface area (Å²) in [5, 5.41) is 0. The SMILES string of the molecule is COc1ccc2[nH]c(=S)n(C3CCC(C)CC3C)c2c1. The molecule has 1 aromatic heterocycles. The monoisotopic (exact) mass is 290 g/mol. The number of nitrogens with zero attached hydrogens (tertiary/aromatic N) is 1.